The van der Waals surface area contributed by atoms with Gasteiger partial charge in [-0.3, -0.25) is 4.79 Å². The van der Waals surface area contributed by atoms with Crippen LogP contribution in [0.4, 0.5) is 0 Å². The number of hydrogen-bond donors (Lipinski definition) is 1. The van der Waals surface area contributed by atoms with Gasteiger partial charge in [0.15, 0.2) is 0 Å². The molecule has 0 bridgehead atoms. The first kappa shape index (κ1) is 15.8. The van der Waals surface area contributed by atoms with E-state index >= 15 is 0 Å². The van der Waals surface area contributed by atoms with E-state index < -0.39 is 0 Å². The number of piperidine rings is 1. The zero-order valence-electron chi connectivity index (χ0n) is 13.4. The first-order valence-electron chi connectivity index (χ1n) is 8.77. The number of nitrogens with zero attached hydrogens (tertiary/aromatic N) is 1. The minimum Gasteiger partial charge on any atom is -0.339 e. The van der Waals surface area contributed by atoms with Crippen LogP contribution in [0.2, 0.25) is 0 Å². The average Bonchev–Trinajstić information content (AvgIpc) is 3.29. The minimum absolute atomic E-state index is 0.285. The fourth-order valence-electron chi connectivity index (χ4n) is 3.47. The van der Waals surface area contributed by atoms with E-state index in [-0.39, 0.29) is 5.92 Å². The van der Waals surface area contributed by atoms with Crippen molar-refractivity contribution in [2.45, 2.75) is 71.3 Å². The van der Waals surface area contributed by atoms with Gasteiger partial charge in [0.05, 0.1) is 0 Å². The Morgan fingerprint density at radius 2 is 1.70 bits per heavy atom. The second-order valence-electron chi connectivity index (χ2n) is 6.69. The normalized spacial score (nSPS) is 20.4. The van der Waals surface area contributed by atoms with Gasteiger partial charge in [-0.15, -0.1) is 0 Å². The largest absolute Gasteiger partial charge is 0.339 e. The molecule has 1 heterocycles. The van der Waals surface area contributed by atoms with Crippen LogP contribution in [0, 0.1) is 11.8 Å². The Labute approximate surface area is 124 Å². The smallest absolute Gasteiger partial charge is 0.225 e. The van der Waals surface area contributed by atoms with Crippen molar-refractivity contribution in [3.63, 3.8) is 0 Å². The van der Waals surface area contributed by atoms with Crippen molar-refractivity contribution in [2.24, 2.45) is 11.8 Å². The summed E-state index contributed by atoms with van der Waals surface area (Å²) in [5.74, 6) is 1.48. The molecule has 116 valence electrons. The minimum atomic E-state index is 0.285. The summed E-state index contributed by atoms with van der Waals surface area (Å²) in [5, 5.41) is 3.42. The maximum absolute atomic E-state index is 12.9. The molecule has 0 unspecified atom stereocenters. The Kier molecular flexibility index (Phi) is 6.34. The van der Waals surface area contributed by atoms with Crippen LogP contribution in [-0.4, -0.2) is 36.5 Å². The van der Waals surface area contributed by atoms with Gasteiger partial charge in [0.2, 0.25) is 5.91 Å². The fraction of sp³-hybridized carbons (Fsp3) is 0.941. The highest BCUT2D eigenvalue weighted by Gasteiger charge is 2.36. The molecule has 1 aliphatic carbocycles. The number of hydrogen-bond acceptors (Lipinski definition) is 2. The van der Waals surface area contributed by atoms with E-state index in [0.717, 1.165) is 51.2 Å². The highest BCUT2D eigenvalue weighted by atomic mass is 16.2. The van der Waals surface area contributed by atoms with Crippen molar-refractivity contribution in [1.29, 1.82) is 0 Å². The van der Waals surface area contributed by atoms with Gasteiger partial charge in [-0.05, 0) is 57.5 Å². The van der Waals surface area contributed by atoms with E-state index in [1.54, 1.807) is 0 Å². The van der Waals surface area contributed by atoms with E-state index in [4.69, 9.17) is 0 Å². The van der Waals surface area contributed by atoms with Gasteiger partial charge in [-0.2, -0.15) is 0 Å². The quantitative estimate of drug-likeness (QED) is 0.740. The number of amides is 1. The van der Waals surface area contributed by atoms with Crippen molar-refractivity contribution in [3.8, 4) is 0 Å². The summed E-state index contributed by atoms with van der Waals surface area (Å²) >= 11 is 0. The molecule has 2 rings (SSSR count). The molecule has 0 spiro atoms. The van der Waals surface area contributed by atoms with E-state index in [1.807, 2.05) is 0 Å². The molecule has 2 fully saturated rings. The molecule has 1 amide bonds. The number of rotatable bonds is 8. The topological polar surface area (TPSA) is 32.3 Å². The predicted molar refractivity (Wildman–Crippen MR) is 83.6 cm³/mol. The van der Waals surface area contributed by atoms with Crippen molar-refractivity contribution in [2.75, 3.05) is 19.6 Å². The molecule has 0 aromatic rings. The Morgan fingerprint density at radius 1 is 1.10 bits per heavy atom. The fourth-order valence-corrected chi connectivity index (χ4v) is 3.47. The molecule has 1 saturated carbocycles. The summed E-state index contributed by atoms with van der Waals surface area (Å²) in [6.07, 6.45) is 9.35. The van der Waals surface area contributed by atoms with E-state index in [1.165, 1.54) is 25.7 Å². The van der Waals surface area contributed by atoms with Gasteiger partial charge in [0.25, 0.3) is 0 Å². The van der Waals surface area contributed by atoms with Crippen LogP contribution in [0.3, 0.4) is 0 Å². The molecule has 0 aromatic heterocycles. The molecular weight excluding hydrogens is 248 g/mol. The molecule has 20 heavy (non-hydrogen) atoms. The lowest BCUT2D eigenvalue weighted by molar-refractivity contribution is -0.137. The standard InChI is InChI=1S/C17H32N2O/c1-3-5-15(6-4-2)17(20)19(16-7-8-16)13-14-9-11-18-12-10-14/h14-16,18H,3-13H2,1-2H3. The Bertz CT molecular complexity index is 289. The highest BCUT2D eigenvalue weighted by molar-refractivity contribution is 5.79. The Morgan fingerprint density at radius 3 is 2.20 bits per heavy atom. The third kappa shape index (κ3) is 4.47. The summed E-state index contributed by atoms with van der Waals surface area (Å²) in [5.41, 5.74) is 0. The van der Waals surface area contributed by atoms with Gasteiger partial charge in [0.1, 0.15) is 0 Å². The SMILES string of the molecule is CCCC(CCC)C(=O)N(CC1CCNCC1)C1CC1. The summed E-state index contributed by atoms with van der Waals surface area (Å²) in [4.78, 5) is 15.2. The lowest BCUT2D eigenvalue weighted by atomic mass is 9.94. The zero-order chi connectivity index (χ0) is 14.4. The molecule has 3 heteroatoms. The lowest BCUT2D eigenvalue weighted by Crippen LogP contribution is -2.43. The summed E-state index contributed by atoms with van der Waals surface area (Å²) < 4.78 is 0. The monoisotopic (exact) mass is 280 g/mol. The Balaban J connectivity index is 1.93. The molecular formula is C17H32N2O. The predicted octanol–water partition coefficient (Wildman–Crippen LogP) is 3.19. The van der Waals surface area contributed by atoms with Crippen LogP contribution in [0.25, 0.3) is 0 Å². The van der Waals surface area contributed by atoms with Crippen molar-refractivity contribution >= 4 is 5.91 Å². The molecule has 1 N–H and O–H groups in total. The summed E-state index contributed by atoms with van der Waals surface area (Å²) in [6, 6.07) is 0.577. The van der Waals surface area contributed by atoms with Crippen LogP contribution in [-0.2, 0) is 4.79 Å². The molecule has 0 atom stereocenters. The van der Waals surface area contributed by atoms with E-state index in [9.17, 15) is 4.79 Å². The Hall–Kier alpha value is -0.570. The molecule has 1 aliphatic heterocycles. The van der Waals surface area contributed by atoms with Crippen LogP contribution >= 0.6 is 0 Å². The first-order valence-corrected chi connectivity index (χ1v) is 8.77. The number of carbonyl (C=O) groups excluding carboxylic acids is 1. The van der Waals surface area contributed by atoms with Gasteiger partial charge in [-0.25, -0.2) is 0 Å². The molecule has 0 radical (unpaired) electrons. The summed E-state index contributed by atoms with van der Waals surface area (Å²) in [6.45, 7) is 7.68. The maximum Gasteiger partial charge on any atom is 0.225 e. The van der Waals surface area contributed by atoms with Crippen LogP contribution in [0.5, 0.6) is 0 Å². The van der Waals surface area contributed by atoms with Crippen molar-refractivity contribution in [1.82, 2.24) is 10.2 Å². The van der Waals surface area contributed by atoms with Gasteiger partial charge in [0, 0.05) is 18.5 Å². The number of carbonyl (C=O) groups is 1. The molecule has 2 aliphatic rings. The van der Waals surface area contributed by atoms with Gasteiger partial charge < -0.3 is 10.2 Å². The molecule has 0 aromatic carbocycles. The van der Waals surface area contributed by atoms with Crippen LogP contribution in [0.15, 0.2) is 0 Å². The average molecular weight is 280 g/mol. The maximum atomic E-state index is 12.9. The second-order valence-corrected chi connectivity index (χ2v) is 6.69. The zero-order valence-corrected chi connectivity index (χ0v) is 13.4. The second kappa shape index (κ2) is 8.02. The van der Waals surface area contributed by atoms with E-state index in [2.05, 4.69) is 24.1 Å². The van der Waals surface area contributed by atoms with E-state index in [0.29, 0.717) is 11.9 Å². The lowest BCUT2D eigenvalue weighted by Gasteiger charge is -2.32. The highest BCUT2D eigenvalue weighted by Crippen LogP contribution is 2.31. The van der Waals surface area contributed by atoms with Crippen LogP contribution in [0.1, 0.15) is 65.2 Å². The van der Waals surface area contributed by atoms with Crippen molar-refractivity contribution < 1.29 is 4.79 Å². The van der Waals surface area contributed by atoms with Gasteiger partial charge in [-0.1, -0.05) is 26.7 Å². The molecule has 3 nitrogen and oxygen atoms in total. The van der Waals surface area contributed by atoms with Crippen LogP contribution < -0.4 is 5.32 Å². The van der Waals surface area contributed by atoms with Crippen molar-refractivity contribution in [3.05, 3.63) is 0 Å². The molecule has 1 saturated heterocycles. The summed E-state index contributed by atoms with van der Waals surface area (Å²) in [7, 11) is 0. The third-order valence-electron chi connectivity index (χ3n) is 4.81. The first-order chi connectivity index (χ1) is 9.76. The third-order valence-corrected chi connectivity index (χ3v) is 4.81. The van der Waals surface area contributed by atoms with Gasteiger partial charge >= 0.3 is 0 Å². The number of nitrogens with one attached hydrogen (secondary N) is 1.